The second kappa shape index (κ2) is 5.34. The highest BCUT2D eigenvalue weighted by Crippen LogP contribution is 2.23. The minimum absolute atomic E-state index is 0.0496. The van der Waals surface area contributed by atoms with Crippen LogP contribution in [0.1, 0.15) is 21.9 Å². The lowest BCUT2D eigenvalue weighted by atomic mass is 10.2. The summed E-state index contributed by atoms with van der Waals surface area (Å²) in [6.45, 7) is 1.80. The van der Waals surface area contributed by atoms with E-state index in [1.54, 1.807) is 25.1 Å². The molecule has 19 heavy (non-hydrogen) atoms. The zero-order valence-electron chi connectivity index (χ0n) is 10.2. The number of ether oxygens (including phenoxy) is 1. The number of carbonyl (C=O) groups excluding carboxylic acids is 1. The third kappa shape index (κ3) is 2.98. The Morgan fingerprint density at radius 3 is 2.74 bits per heavy atom. The Labute approximate surface area is 108 Å². The summed E-state index contributed by atoms with van der Waals surface area (Å²) in [5.74, 6) is 1.25. The maximum atomic E-state index is 10.7. The van der Waals surface area contributed by atoms with Crippen LogP contribution in [0.2, 0.25) is 0 Å². The molecule has 0 aliphatic heterocycles. The van der Waals surface area contributed by atoms with Gasteiger partial charge in [0.15, 0.2) is 12.0 Å². The van der Waals surface area contributed by atoms with Crippen LogP contribution in [0.15, 0.2) is 34.7 Å². The van der Waals surface area contributed by atoms with E-state index in [0.717, 1.165) is 0 Å². The first-order valence-electron chi connectivity index (χ1n) is 5.52. The van der Waals surface area contributed by atoms with Gasteiger partial charge in [0.25, 0.3) is 5.69 Å². The van der Waals surface area contributed by atoms with E-state index >= 15 is 0 Å². The van der Waals surface area contributed by atoms with Crippen LogP contribution in [-0.2, 0) is 6.61 Å². The number of rotatable bonds is 5. The number of nitro groups is 1. The van der Waals surface area contributed by atoms with Crippen molar-refractivity contribution in [3.8, 4) is 5.75 Å². The van der Waals surface area contributed by atoms with Crippen LogP contribution in [0.5, 0.6) is 5.75 Å². The highest BCUT2D eigenvalue weighted by Gasteiger charge is 2.11. The predicted molar refractivity (Wildman–Crippen MR) is 66.3 cm³/mol. The molecule has 0 amide bonds. The SMILES string of the molecule is Cc1cc(OCc2ccc(C=O)o2)ccc1[N+](=O)[O-]. The summed E-state index contributed by atoms with van der Waals surface area (Å²) in [6.07, 6.45) is 0.611. The average molecular weight is 261 g/mol. The number of nitrogens with zero attached hydrogens (tertiary/aromatic N) is 1. The molecule has 0 N–H and O–H groups in total. The van der Waals surface area contributed by atoms with Crippen molar-refractivity contribution in [1.29, 1.82) is 0 Å². The van der Waals surface area contributed by atoms with Crippen LogP contribution in [0, 0.1) is 17.0 Å². The van der Waals surface area contributed by atoms with Gasteiger partial charge in [0.05, 0.1) is 4.92 Å². The van der Waals surface area contributed by atoms with Crippen molar-refractivity contribution in [2.24, 2.45) is 0 Å². The molecule has 98 valence electrons. The molecule has 0 fully saturated rings. The maximum Gasteiger partial charge on any atom is 0.272 e. The van der Waals surface area contributed by atoms with E-state index < -0.39 is 4.92 Å². The summed E-state index contributed by atoms with van der Waals surface area (Å²) >= 11 is 0. The highest BCUT2D eigenvalue weighted by atomic mass is 16.6. The van der Waals surface area contributed by atoms with Gasteiger partial charge < -0.3 is 9.15 Å². The van der Waals surface area contributed by atoms with Crippen molar-refractivity contribution >= 4 is 12.0 Å². The lowest BCUT2D eigenvalue weighted by Gasteiger charge is -2.05. The van der Waals surface area contributed by atoms with Gasteiger partial charge in [-0.15, -0.1) is 0 Å². The topological polar surface area (TPSA) is 82.6 Å². The lowest BCUT2D eigenvalue weighted by Crippen LogP contribution is -1.96. The fourth-order valence-corrected chi connectivity index (χ4v) is 1.61. The number of hydrogen-bond donors (Lipinski definition) is 0. The van der Waals surface area contributed by atoms with Gasteiger partial charge in [-0.3, -0.25) is 14.9 Å². The van der Waals surface area contributed by atoms with Crippen molar-refractivity contribution in [3.63, 3.8) is 0 Å². The Morgan fingerprint density at radius 1 is 1.37 bits per heavy atom. The van der Waals surface area contributed by atoms with Gasteiger partial charge in [0.1, 0.15) is 18.1 Å². The normalized spacial score (nSPS) is 10.2. The first-order chi connectivity index (χ1) is 9.10. The Balaban J connectivity index is 2.05. The summed E-state index contributed by atoms with van der Waals surface area (Å²) in [7, 11) is 0. The van der Waals surface area contributed by atoms with E-state index in [2.05, 4.69) is 0 Å². The van der Waals surface area contributed by atoms with Gasteiger partial charge in [0, 0.05) is 11.6 Å². The van der Waals surface area contributed by atoms with Crippen molar-refractivity contribution in [1.82, 2.24) is 0 Å². The molecule has 0 unspecified atom stereocenters. The van der Waals surface area contributed by atoms with Crippen LogP contribution in [-0.4, -0.2) is 11.2 Å². The van der Waals surface area contributed by atoms with Crippen LogP contribution in [0.25, 0.3) is 0 Å². The number of aryl methyl sites for hydroxylation is 1. The fourth-order valence-electron chi connectivity index (χ4n) is 1.61. The molecule has 2 aromatic rings. The molecular weight excluding hydrogens is 250 g/mol. The first-order valence-corrected chi connectivity index (χ1v) is 5.52. The van der Waals surface area contributed by atoms with Crippen molar-refractivity contribution < 1.29 is 18.9 Å². The van der Waals surface area contributed by atoms with Gasteiger partial charge >= 0.3 is 0 Å². The molecule has 0 aliphatic rings. The second-order valence-electron chi connectivity index (χ2n) is 3.92. The van der Waals surface area contributed by atoms with Crippen LogP contribution in [0.4, 0.5) is 5.69 Å². The van der Waals surface area contributed by atoms with E-state index in [0.29, 0.717) is 23.4 Å². The molecule has 0 atom stereocenters. The van der Waals surface area contributed by atoms with Gasteiger partial charge in [-0.2, -0.15) is 0 Å². The number of hydrogen-bond acceptors (Lipinski definition) is 5. The minimum Gasteiger partial charge on any atom is -0.486 e. The molecule has 0 radical (unpaired) electrons. The van der Waals surface area contributed by atoms with Crippen molar-refractivity contribution in [3.05, 3.63) is 57.5 Å². The first kappa shape index (κ1) is 12.8. The Hall–Kier alpha value is -2.63. The summed E-state index contributed by atoms with van der Waals surface area (Å²) in [5.41, 5.74) is 0.573. The van der Waals surface area contributed by atoms with Gasteiger partial charge in [-0.1, -0.05) is 0 Å². The lowest BCUT2D eigenvalue weighted by molar-refractivity contribution is -0.385. The monoisotopic (exact) mass is 261 g/mol. The Kier molecular flexibility index (Phi) is 3.61. The molecular formula is C13H11NO5. The largest absolute Gasteiger partial charge is 0.486 e. The minimum atomic E-state index is -0.442. The number of aldehydes is 1. The average Bonchev–Trinajstić information content (AvgIpc) is 2.84. The quantitative estimate of drug-likeness (QED) is 0.469. The molecule has 0 spiro atoms. The fraction of sp³-hybridized carbons (Fsp3) is 0.154. The molecule has 1 aromatic heterocycles. The third-order valence-corrected chi connectivity index (χ3v) is 2.54. The van der Waals surface area contributed by atoms with Crippen LogP contribution in [0.3, 0.4) is 0 Å². The Morgan fingerprint density at radius 2 is 2.16 bits per heavy atom. The molecule has 1 heterocycles. The second-order valence-corrected chi connectivity index (χ2v) is 3.92. The summed E-state index contributed by atoms with van der Waals surface area (Å²) < 4.78 is 10.6. The summed E-state index contributed by atoms with van der Waals surface area (Å²) in [4.78, 5) is 20.7. The molecule has 0 saturated carbocycles. The molecule has 1 aromatic carbocycles. The van der Waals surface area contributed by atoms with E-state index in [1.165, 1.54) is 12.1 Å². The van der Waals surface area contributed by atoms with Gasteiger partial charge in [-0.25, -0.2) is 0 Å². The van der Waals surface area contributed by atoms with E-state index in [1.807, 2.05) is 0 Å². The standard InChI is InChI=1S/C13H11NO5/c1-9-6-10(4-5-13(9)14(16)17)18-8-12-3-2-11(7-15)19-12/h2-7H,8H2,1H3. The number of furan rings is 1. The molecule has 2 rings (SSSR count). The molecule has 0 saturated heterocycles. The van der Waals surface area contributed by atoms with E-state index in [-0.39, 0.29) is 18.1 Å². The number of carbonyl (C=O) groups is 1. The Bertz CT molecular complexity index is 617. The smallest absolute Gasteiger partial charge is 0.272 e. The van der Waals surface area contributed by atoms with Gasteiger partial charge in [0.2, 0.25) is 0 Å². The molecule has 0 aliphatic carbocycles. The predicted octanol–water partition coefficient (Wildman–Crippen LogP) is 2.89. The molecule has 0 bridgehead atoms. The molecule has 6 nitrogen and oxygen atoms in total. The van der Waals surface area contributed by atoms with E-state index in [9.17, 15) is 14.9 Å². The molecule has 6 heteroatoms. The number of benzene rings is 1. The summed E-state index contributed by atoms with van der Waals surface area (Å²) in [6, 6.07) is 7.69. The zero-order valence-corrected chi connectivity index (χ0v) is 10.2. The van der Waals surface area contributed by atoms with Gasteiger partial charge in [-0.05, 0) is 31.2 Å². The van der Waals surface area contributed by atoms with Crippen LogP contribution < -0.4 is 4.74 Å². The van der Waals surface area contributed by atoms with Crippen LogP contribution >= 0.6 is 0 Å². The highest BCUT2D eigenvalue weighted by molar-refractivity contribution is 5.70. The summed E-state index contributed by atoms with van der Waals surface area (Å²) in [5, 5.41) is 10.7. The number of nitro benzene ring substituents is 1. The van der Waals surface area contributed by atoms with Crippen molar-refractivity contribution in [2.45, 2.75) is 13.5 Å². The van der Waals surface area contributed by atoms with Crippen molar-refractivity contribution in [2.75, 3.05) is 0 Å². The maximum absolute atomic E-state index is 10.7. The van der Waals surface area contributed by atoms with E-state index in [4.69, 9.17) is 9.15 Å². The zero-order chi connectivity index (χ0) is 13.8. The third-order valence-electron chi connectivity index (χ3n) is 2.54.